The molecule has 0 saturated carbocycles. The van der Waals surface area contributed by atoms with Crippen LogP contribution in [-0.2, 0) is 4.79 Å². The van der Waals surface area contributed by atoms with Crippen molar-refractivity contribution in [2.24, 2.45) is 0 Å². The first-order valence-electron chi connectivity index (χ1n) is 5.43. The maximum atomic E-state index is 10.6. The lowest BCUT2D eigenvalue weighted by Gasteiger charge is -2.15. The predicted octanol–water partition coefficient (Wildman–Crippen LogP) is 1.46. The second-order valence-corrected chi connectivity index (χ2v) is 3.72. The van der Waals surface area contributed by atoms with Gasteiger partial charge in [0.25, 0.3) is 0 Å². The van der Waals surface area contributed by atoms with Crippen LogP contribution in [0.3, 0.4) is 0 Å². The van der Waals surface area contributed by atoms with E-state index in [4.69, 9.17) is 9.84 Å². The van der Waals surface area contributed by atoms with Crippen LogP contribution in [0.5, 0.6) is 5.88 Å². The minimum Gasteiger partial charge on any atom is -0.481 e. The van der Waals surface area contributed by atoms with Crippen LogP contribution in [0, 0.1) is 6.92 Å². The van der Waals surface area contributed by atoms with Crippen LogP contribution in [0.25, 0.3) is 0 Å². The third-order valence-electron chi connectivity index (χ3n) is 2.29. The largest absolute Gasteiger partial charge is 0.481 e. The molecule has 1 heterocycles. The summed E-state index contributed by atoms with van der Waals surface area (Å²) in [5.41, 5.74) is 0.768. The third-order valence-corrected chi connectivity index (χ3v) is 2.29. The van der Waals surface area contributed by atoms with Gasteiger partial charge in [-0.2, -0.15) is 4.98 Å². The molecule has 0 spiro atoms. The number of carbonyl (C=O) groups is 1. The van der Waals surface area contributed by atoms with Crippen molar-refractivity contribution in [3.05, 3.63) is 11.8 Å². The fourth-order valence-electron chi connectivity index (χ4n) is 1.40. The van der Waals surface area contributed by atoms with Crippen LogP contribution in [0.4, 0.5) is 5.95 Å². The molecule has 17 heavy (non-hydrogen) atoms. The molecule has 0 radical (unpaired) electrons. The molecule has 2 N–H and O–H groups in total. The molecule has 0 aliphatic rings. The number of nitrogens with zero attached hydrogens (tertiary/aromatic N) is 2. The van der Waals surface area contributed by atoms with Gasteiger partial charge in [-0.1, -0.05) is 6.92 Å². The van der Waals surface area contributed by atoms with Crippen molar-refractivity contribution in [3.8, 4) is 5.88 Å². The zero-order valence-electron chi connectivity index (χ0n) is 10.2. The van der Waals surface area contributed by atoms with E-state index in [2.05, 4.69) is 15.3 Å². The first-order valence-corrected chi connectivity index (χ1v) is 5.43. The van der Waals surface area contributed by atoms with Crippen LogP contribution in [-0.4, -0.2) is 34.2 Å². The monoisotopic (exact) mass is 239 g/mol. The van der Waals surface area contributed by atoms with Gasteiger partial charge in [-0.15, -0.1) is 0 Å². The Bertz CT molecular complexity index is 396. The highest BCUT2D eigenvalue weighted by atomic mass is 16.5. The molecule has 6 nitrogen and oxygen atoms in total. The Labute approximate surface area is 100 Å². The molecule has 1 atom stereocenters. The number of aliphatic carboxylic acids is 1. The van der Waals surface area contributed by atoms with Crippen LogP contribution in [0.2, 0.25) is 0 Å². The van der Waals surface area contributed by atoms with E-state index in [1.807, 2.05) is 13.8 Å². The predicted molar refractivity (Wildman–Crippen MR) is 63.3 cm³/mol. The maximum absolute atomic E-state index is 10.6. The van der Waals surface area contributed by atoms with Crippen molar-refractivity contribution in [2.45, 2.75) is 32.7 Å². The molecule has 0 aromatic carbocycles. The van der Waals surface area contributed by atoms with Gasteiger partial charge in [0.2, 0.25) is 11.8 Å². The first kappa shape index (κ1) is 13.2. The molecular weight excluding hydrogens is 222 g/mol. The van der Waals surface area contributed by atoms with E-state index in [0.717, 1.165) is 5.69 Å². The van der Waals surface area contributed by atoms with E-state index in [9.17, 15) is 4.79 Å². The molecule has 0 aliphatic heterocycles. The summed E-state index contributed by atoms with van der Waals surface area (Å²) in [5.74, 6) is 0.0177. The lowest BCUT2D eigenvalue weighted by molar-refractivity contribution is -0.137. The van der Waals surface area contributed by atoms with Crippen molar-refractivity contribution < 1.29 is 14.6 Å². The van der Waals surface area contributed by atoms with E-state index in [1.165, 1.54) is 7.11 Å². The summed E-state index contributed by atoms with van der Waals surface area (Å²) in [6.45, 7) is 3.74. The molecule has 1 unspecified atom stereocenters. The Kier molecular flexibility index (Phi) is 4.68. The summed E-state index contributed by atoms with van der Waals surface area (Å²) in [6, 6.07) is 1.53. The summed E-state index contributed by atoms with van der Waals surface area (Å²) in [5, 5.41) is 11.7. The Morgan fingerprint density at radius 1 is 1.59 bits per heavy atom. The van der Waals surface area contributed by atoms with E-state index in [0.29, 0.717) is 18.2 Å². The molecule has 1 rings (SSSR count). The summed E-state index contributed by atoms with van der Waals surface area (Å²) in [6.07, 6.45) is 0.724. The number of aromatic nitrogens is 2. The van der Waals surface area contributed by atoms with Gasteiger partial charge in [-0.3, -0.25) is 4.79 Å². The molecule has 0 bridgehead atoms. The number of aryl methyl sites for hydroxylation is 1. The van der Waals surface area contributed by atoms with Gasteiger partial charge in [0.05, 0.1) is 13.5 Å². The minimum absolute atomic E-state index is 0.0378. The summed E-state index contributed by atoms with van der Waals surface area (Å²) in [4.78, 5) is 18.9. The summed E-state index contributed by atoms with van der Waals surface area (Å²) in [7, 11) is 1.53. The quantitative estimate of drug-likeness (QED) is 0.781. The van der Waals surface area contributed by atoms with Gasteiger partial charge in [0, 0.05) is 17.8 Å². The zero-order chi connectivity index (χ0) is 12.8. The maximum Gasteiger partial charge on any atom is 0.305 e. The highest BCUT2D eigenvalue weighted by molar-refractivity contribution is 5.68. The molecule has 0 saturated heterocycles. The fraction of sp³-hybridized carbons (Fsp3) is 0.545. The Morgan fingerprint density at radius 3 is 2.82 bits per heavy atom. The number of hydrogen-bond donors (Lipinski definition) is 2. The molecule has 0 amide bonds. The standard InChI is InChI=1S/C11H17N3O3/c1-4-8(6-10(15)16)13-11-12-7(2)5-9(14-11)17-3/h5,8H,4,6H2,1-3H3,(H,15,16)(H,12,13,14). The van der Waals surface area contributed by atoms with Gasteiger partial charge in [0.1, 0.15) is 0 Å². The zero-order valence-corrected chi connectivity index (χ0v) is 10.2. The average Bonchev–Trinajstić information content (AvgIpc) is 2.26. The average molecular weight is 239 g/mol. The second-order valence-electron chi connectivity index (χ2n) is 3.72. The van der Waals surface area contributed by atoms with Crippen molar-refractivity contribution >= 4 is 11.9 Å². The number of methoxy groups -OCH3 is 1. The number of carboxylic acids is 1. The van der Waals surface area contributed by atoms with Gasteiger partial charge in [0.15, 0.2) is 0 Å². The Hall–Kier alpha value is -1.85. The number of carboxylic acid groups (broad SMARTS) is 1. The van der Waals surface area contributed by atoms with Crippen molar-refractivity contribution in [2.75, 3.05) is 12.4 Å². The number of rotatable bonds is 6. The number of nitrogens with one attached hydrogen (secondary N) is 1. The first-order chi connectivity index (χ1) is 8.05. The highest BCUT2D eigenvalue weighted by Crippen LogP contribution is 2.13. The highest BCUT2D eigenvalue weighted by Gasteiger charge is 2.12. The second kappa shape index (κ2) is 6.03. The lowest BCUT2D eigenvalue weighted by Crippen LogP contribution is -2.23. The number of anilines is 1. The van der Waals surface area contributed by atoms with Crippen LogP contribution >= 0.6 is 0 Å². The summed E-state index contributed by atoms with van der Waals surface area (Å²) < 4.78 is 5.02. The fourth-order valence-corrected chi connectivity index (χ4v) is 1.40. The van der Waals surface area contributed by atoms with Crippen molar-refractivity contribution in [1.82, 2.24) is 9.97 Å². The van der Waals surface area contributed by atoms with Crippen LogP contribution in [0.15, 0.2) is 6.07 Å². The Morgan fingerprint density at radius 2 is 2.29 bits per heavy atom. The SMILES string of the molecule is CCC(CC(=O)O)Nc1nc(C)cc(OC)n1. The van der Waals surface area contributed by atoms with E-state index in [1.54, 1.807) is 6.07 Å². The van der Waals surface area contributed by atoms with E-state index >= 15 is 0 Å². The number of hydrogen-bond acceptors (Lipinski definition) is 5. The van der Waals surface area contributed by atoms with Crippen molar-refractivity contribution in [3.63, 3.8) is 0 Å². The topological polar surface area (TPSA) is 84.3 Å². The lowest BCUT2D eigenvalue weighted by atomic mass is 10.1. The van der Waals surface area contributed by atoms with Gasteiger partial charge >= 0.3 is 5.97 Å². The molecular formula is C11H17N3O3. The smallest absolute Gasteiger partial charge is 0.305 e. The molecule has 0 aliphatic carbocycles. The molecule has 6 heteroatoms. The van der Waals surface area contributed by atoms with Crippen LogP contribution < -0.4 is 10.1 Å². The van der Waals surface area contributed by atoms with E-state index in [-0.39, 0.29) is 12.5 Å². The van der Waals surface area contributed by atoms with Crippen molar-refractivity contribution in [1.29, 1.82) is 0 Å². The van der Waals surface area contributed by atoms with Gasteiger partial charge in [-0.05, 0) is 13.3 Å². The van der Waals surface area contributed by atoms with Gasteiger partial charge < -0.3 is 15.2 Å². The minimum atomic E-state index is -0.844. The molecule has 94 valence electrons. The third kappa shape index (κ3) is 4.26. The molecule has 1 aromatic rings. The summed E-state index contributed by atoms with van der Waals surface area (Å²) >= 11 is 0. The van der Waals surface area contributed by atoms with Crippen LogP contribution in [0.1, 0.15) is 25.5 Å². The van der Waals surface area contributed by atoms with Gasteiger partial charge in [-0.25, -0.2) is 4.98 Å². The van der Waals surface area contributed by atoms with E-state index < -0.39 is 5.97 Å². The Balaban J connectivity index is 2.78. The number of ether oxygens (including phenoxy) is 1. The molecule has 0 fully saturated rings. The normalized spacial score (nSPS) is 11.9. The molecule has 1 aromatic heterocycles.